The van der Waals surface area contributed by atoms with Crippen LogP contribution in [0.5, 0.6) is 0 Å². The zero-order chi connectivity index (χ0) is 12.3. The first-order valence-corrected chi connectivity index (χ1v) is 5.32. The third-order valence-electron chi connectivity index (χ3n) is 2.50. The monoisotopic (exact) mass is 229 g/mol. The number of hydrogen-bond acceptors (Lipinski definition) is 5. The molecule has 2 rings (SSSR count). The second-order valence-corrected chi connectivity index (χ2v) is 3.83. The van der Waals surface area contributed by atoms with E-state index in [9.17, 15) is 0 Å². The fraction of sp³-hybridized carbons (Fsp3) is 0.167. The Hall–Kier alpha value is -2.14. The summed E-state index contributed by atoms with van der Waals surface area (Å²) in [6.45, 7) is 3.96. The molecule has 0 radical (unpaired) electrons. The molecule has 0 aliphatic heterocycles. The summed E-state index contributed by atoms with van der Waals surface area (Å²) in [5, 5.41) is 3.24. The number of aromatic nitrogens is 2. The summed E-state index contributed by atoms with van der Waals surface area (Å²) in [4.78, 5) is 8.22. The summed E-state index contributed by atoms with van der Waals surface area (Å²) < 4.78 is 0. The van der Waals surface area contributed by atoms with Gasteiger partial charge in [-0.1, -0.05) is 12.1 Å². The van der Waals surface area contributed by atoms with Gasteiger partial charge in [0.1, 0.15) is 18.0 Å². The van der Waals surface area contributed by atoms with Crippen molar-refractivity contribution in [2.45, 2.75) is 13.8 Å². The van der Waals surface area contributed by atoms with Crippen molar-refractivity contribution in [2.75, 3.05) is 10.7 Å². The van der Waals surface area contributed by atoms with E-state index in [0.29, 0.717) is 5.82 Å². The lowest BCUT2D eigenvalue weighted by Crippen LogP contribution is -2.11. The van der Waals surface area contributed by atoms with Gasteiger partial charge in [0.2, 0.25) is 0 Å². The SMILES string of the molecule is Cc1cccc(Nc2ncnc(NN)c2C)c1. The average molecular weight is 229 g/mol. The molecule has 5 heteroatoms. The molecule has 1 aromatic heterocycles. The maximum Gasteiger partial charge on any atom is 0.148 e. The third-order valence-corrected chi connectivity index (χ3v) is 2.50. The Balaban J connectivity index is 2.30. The van der Waals surface area contributed by atoms with E-state index >= 15 is 0 Å². The summed E-state index contributed by atoms with van der Waals surface area (Å²) in [6, 6.07) is 8.09. The first-order chi connectivity index (χ1) is 8.20. The minimum Gasteiger partial charge on any atom is -0.340 e. The van der Waals surface area contributed by atoms with Crippen molar-refractivity contribution in [1.29, 1.82) is 0 Å². The number of nitrogens with zero attached hydrogens (tertiary/aromatic N) is 2. The molecule has 0 aliphatic rings. The van der Waals surface area contributed by atoms with Crippen LogP contribution in [0.15, 0.2) is 30.6 Å². The maximum atomic E-state index is 5.37. The van der Waals surface area contributed by atoms with Crippen LogP contribution < -0.4 is 16.6 Å². The van der Waals surface area contributed by atoms with E-state index in [4.69, 9.17) is 5.84 Å². The Kier molecular flexibility index (Phi) is 3.20. The van der Waals surface area contributed by atoms with Gasteiger partial charge in [0.05, 0.1) is 0 Å². The van der Waals surface area contributed by atoms with Crippen molar-refractivity contribution in [3.8, 4) is 0 Å². The van der Waals surface area contributed by atoms with Gasteiger partial charge < -0.3 is 10.7 Å². The topological polar surface area (TPSA) is 75.9 Å². The molecule has 1 aromatic carbocycles. The Morgan fingerprint density at radius 3 is 2.59 bits per heavy atom. The lowest BCUT2D eigenvalue weighted by molar-refractivity contribution is 1.10. The van der Waals surface area contributed by atoms with Gasteiger partial charge in [0.25, 0.3) is 0 Å². The molecule has 0 saturated heterocycles. The van der Waals surface area contributed by atoms with E-state index in [-0.39, 0.29) is 0 Å². The lowest BCUT2D eigenvalue weighted by Gasteiger charge is -2.11. The van der Waals surface area contributed by atoms with Crippen molar-refractivity contribution in [2.24, 2.45) is 5.84 Å². The van der Waals surface area contributed by atoms with Gasteiger partial charge in [-0.3, -0.25) is 0 Å². The van der Waals surface area contributed by atoms with Crippen LogP contribution in [0.2, 0.25) is 0 Å². The second kappa shape index (κ2) is 4.80. The minimum atomic E-state index is 0.621. The molecule has 0 spiro atoms. The summed E-state index contributed by atoms with van der Waals surface area (Å²) in [6.07, 6.45) is 1.47. The van der Waals surface area contributed by atoms with E-state index in [0.717, 1.165) is 17.1 Å². The molecular formula is C12H15N5. The van der Waals surface area contributed by atoms with Gasteiger partial charge >= 0.3 is 0 Å². The van der Waals surface area contributed by atoms with Crippen LogP contribution in [0.25, 0.3) is 0 Å². The van der Waals surface area contributed by atoms with Crippen molar-refractivity contribution in [1.82, 2.24) is 9.97 Å². The van der Waals surface area contributed by atoms with Crippen LogP contribution in [0.1, 0.15) is 11.1 Å². The van der Waals surface area contributed by atoms with Crippen molar-refractivity contribution >= 4 is 17.3 Å². The Morgan fingerprint density at radius 2 is 1.88 bits per heavy atom. The molecule has 4 N–H and O–H groups in total. The lowest BCUT2D eigenvalue weighted by atomic mass is 10.2. The fourth-order valence-corrected chi connectivity index (χ4v) is 1.58. The molecule has 2 aromatic rings. The quantitative estimate of drug-likeness (QED) is 0.555. The molecule has 1 heterocycles. The summed E-state index contributed by atoms with van der Waals surface area (Å²) in [5.74, 6) is 6.74. The van der Waals surface area contributed by atoms with E-state index < -0.39 is 0 Å². The number of aryl methyl sites for hydroxylation is 1. The van der Waals surface area contributed by atoms with Gasteiger partial charge in [-0.15, -0.1) is 0 Å². The van der Waals surface area contributed by atoms with Crippen LogP contribution in [-0.2, 0) is 0 Å². The standard InChI is InChI=1S/C12H15N5/c1-8-4-3-5-10(6-8)16-11-9(2)12(17-13)15-7-14-11/h3-7H,13H2,1-2H3,(H2,14,15,16,17). The van der Waals surface area contributed by atoms with Crippen molar-refractivity contribution < 1.29 is 0 Å². The predicted octanol–water partition coefficient (Wildman–Crippen LogP) is 2.12. The van der Waals surface area contributed by atoms with E-state index in [1.165, 1.54) is 11.9 Å². The molecule has 0 atom stereocenters. The highest BCUT2D eigenvalue weighted by atomic mass is 15.3. The number of rotatable bonds is 3. The van der Waals surface area contributed by atoms with Crippen LogP contribution in [0.4, 0.5) is 17.3 Å². The Bertz CT molecular complexity index is 524. The van der Waals surface area contributed by atoms with Crippen molar-refractivity contribution in [3.05, 3.63) is 41.7 Å². The number of hydrogen-bond donors (Lipinski definition) is 3. The largest absolute Gasteiger partial charge is 0.340 e. The second-order valence-electron chi connectivity index (χ2n) is 3.83. The van der Waals surface area contributed by atoms with E-state index in [2.05, 4.69) is 26.8 Å². The molecular weight excluding hydrogens is 214 g/mol. The van der Waals surface area contributed by atoms with Crippen LogP contribution in [-0.4, -0.2) is 9.97 Å². The molecule has 0 saturated carbocycles. The van der Waals surface area contributed by atoms with Crippen LogP contribution in [0.3, 0.4) is 0 Å². The van der Waals surface area contributed by atoms with Gasteiger partial charge in [-0.2, -0.15) is 0 Å². The molecule has 5 nitrogen and oxygen atoms in total. The molecule has 0 bridgehead atoms. The first-order valence-electron chi connectivity index (χ1n) is 5.32. The van der Waals surface area contributed by atoms with Gasteiger partial charge in [-0.25, -0.2) is 15.8 Å². The minimum absolute atomic E-state index is 0.621. The summed E-state index contributed by atoms with van der Waals surface area (Å²) in [5.41, 5.74) is 5.62. The van der Waals surface area contributed by atoms with Gasteiger partial charge in [0.15, 0.2) is 0 Å². The number of nitrogens with two attached hydrogens (primary N) is 1. The number of nitrogens with one attached hydrogen (secondary N) is 2. The van der Waals surface area contributed by atoms with E-state index in [1.807, 2.05) is 32.0 Å². The highest BCUT2D eigenvalue weighted by molar-refractivity contribution is 5.64. The highest BCUT2D eigenvalue weighted by Gasteiger charge is 2.05. The Labute approximate surface area is 100 Å². The fourth-order valence-electron chi connectivity index (χ4n) is 1.58. The zero-order valence-electron chi connectivity index (χ0n) is 9.86. The number of hydrazine groups is 1. The first kappa shape index (κ1) is 11.3. The number of anilines is 3. The van der Waals surface area contributed by atoms with E-state index in [1.54, 1.807) is 0 Å². The smallest absolute Gasteiger partial charge is 0.148 e. The summed E-state index contributed by atoms with van der Waals surface area (Å²) >= 11 is 0. The van der Waals surface area contributed by atoms with Gasteiger partial charge in [0, 0.05) is 11.3 Å². The number of benzene rings is 1. The molecule has 0 aliphatic carbocycles. The molecule has 0 amide bonds. The summed E-state index contributed by atoms with van der Waals surface area (Å²) in [7, 11) is 0. The van der Waals surface area contributed by atoms with Crippen LogP contribution >= 0.6 is 0 Å². The predicted molar refractivity (Wildman–Crippen MR) is 69.0 cm³/mol. The third kappa shape index (κ3) is 2.51. The molecule has 0 fully saturated rings. The van der Waals surface area contributed by atoms with Crippen LogP contribution in [0, 0.1) is 13.8 Å². The highest BCUT2D eigenvalue weighted by Crippen LogP contribution is 2.21. The van der Waals surface area contributed by atoms with Crippen molar-refractivity contribution in [3.63, 3.8) is 0 Å². The maximum absolute atomic E-state index is 5.37. The zero-order valence-corrected chi connectivity index (χ0v) is 9.86. The normalized spacial score (nSPS) is 10.1. The Morgan fingerprint density at radius 1 is 1.12 bits per heavy atom. The average Bonchev–Trinajstić information content (AvgIpc) is 2.32. The van der Waals surface area contributed by atoms with Gasteiger partial charge in [-0.05, 0) is 31.5 Å². The molecule has 88 valence electrons. The molecule has 17 heavy (non-hydrogen) atoms. The number of nitrogen functional groups attached to an aromatic ring is 1. The molecule has 0 unspecified atom stereocenters.